The van der Waals surface area contributed by atoms with E-state index in [-0.39, 0.29) is 0 Å². The van der Waals surface area contributed by atoms with Crippen LogP contribution in [0.15, 0.2) is 0 Å². The third kappa shape index (κ3) is 8.41. The Hall–Kier alpha value is 0.310. The second-order valence-corrected chi connectivity index (χ2v) is 6.66. The van der Waals surface area contributed by atoms with Crippen LogP contribution in [0.2, 0.25) is 0 Å². The van der Waals surface area contributed by atoms with Gasteiger partial charge >= 0.3 is 0 Å². The van der Waals surface area contributed by atoms with Crippen molar-refractivity contribution in [2.24, 2.45) is 11.7 Å². The van der Waals surface area contributed by atoms with E-state index < -0.39 is 0 Å². The molecule has 1 nitrogen and oxygen atoms in total. The number of nitrogens with two attached hydrogens (primary N) is 1. The van der Waals surface area contributed by atoms with Crippen LogP contribution in [0.4, 0.5) is 0 Å². The highest BCUT2D eigenvalue weighted by molar-refractivity contribution is 8.00. The average molecular weight is 189 g/mol. The fourth-order valence-electron chi connectivity index (χ4n) is 1.03. The molecule has 0 saturated carbocycles. The van der Waals surface area contributed by atoms with Crippen LogP contribution in [-0.2, 0) is 0 Å². The largest absolute Gasteiger partial charge is 0.327 e. The van der Waals surface area contributed by atoms with Gasteiger partial charge in [-0.15, -0.1) is 0 Å². The van der Waals surface area contributed by atoms with Crippen LogP contribution in [0.3, 0.4) is 0 Å². The molecule has 0 bridgehead atoms. The van der Waals surface area contributed by atoms with Crippen molar-refractivity contribution in [2.75, 3.05) is 5.75 Å². The Bertz CT molecular complexity index is 115. The molecule has 0 fully saturated rings. The minimum Gasteiger partial charge on any atom is -0.327 e. The summed E-state index contributed by atoms with van der Waals surface area (Å²) in [6, 6.07) is 0.370. The Morgan fingerprint density at radius 3 is 2.08 bits per heavy atom. The van der Waals surface area contributed by atoms with Crippen LogP contribution in [0.5, 0.6) is 0 Å². The summed E-state index contributed by atoms with van der Waals surface area (Å²) >= 11 is 1.96. The van der Waals surface area contributed by atoms with E-state index in [1.807, 2.05) is 11.8 Å². The van der Waals surface area contributed by atoms with Gasteiger partial charge in [0.05, 0.1) is 0 Å². The molecule has 0 aliphatic rings. The van der Waals surface area contributed by atoms with E-state index in [0.29, 0.717) is 10.8 Å². The molecule has 0 aliphatic heterocycles. The highest BCUT2D eigenvalue weighted by Gasteiger charge is 2.13. The van der Waals surface area contributed by atoms with Gasteiger partial charge in [-0.05, 0) is 12.3 Å². The molecule has 1 atom stereocenters. The third-order valence-corrected chi connectivity index (χ3v) is 2.97. The quantitative estimate of drug-likeness (QED) is 0.736. The van der Waals surface area contributed by atoms with Crippen LogP contribution in [-0.4, -0.2) is 16.5 Å². The minimum absolute atomic E-state index is 0.356. The van der Waals surface area contributed by atoms with Crippen molar-refractivity contribution >= 4 is 11.8 Å². The van der Waals surface area contributed by atoms with Crippen molar-refractivity contribution < 1.29 is 0 Å². The third-order valence-electron chi connectivity index (χ3n) is 1.50. The van der Waals surface area contributed by atoms with Gasteiger partial charge in [-0.1, -0.05) is 34.6 Å². The predicted octanol–water partition coefficient (Wildman–Crippen LogP) is 2.89. The molecule has 2 N–H and O–H groups in total. The van der Waals surface area contributed by atoms with Crippen LogP contribution >= 0.6 is 11.8 Å². The number of hydrogen-bond donors (Lipinski definition) is 1. The highest BCUT2D eigenvalue weighted by Crippen LogP contribution is 2.24. The van der Waals surface area contributed by atoms with E-state index in [2.05, 4.69) is 34.6 Å². The summed E-state index contributed by atoms with van der Waals surface area (Å²) in [5, 5.41) is 0. The molecule has 0 aromatic rings. The zero-order valence-electron chi connectivity index (χ0n) is 9.05. The van der Waals surface area contributed by atoms with Crippen LogP contribution in [0, 0.1) is 5.92 Å². The number of rotatable bonds is 4. The van der Waals surface area contributed by atoms with E-state index in [1.54, 1.807) is 0 Å². The summed E-state index contributed by atoms with van der Waals surface area (Å²) in [6.45, 7) is 11.2. The SMILES string of the molecule is CC(C)CC(N)CSC(C)(C)C. The summed E-state index contributed by atoms with van der Waals surface area (Å²) in [6.07, 6.45) is 1.14. The molecular formula is C10H23NS. The van der Waals surface area contributed by atoms with Gasteiger partial charge in [0.2, 0.25) is 0 Å². The van der Waals surface area contributed by atoms with Crippen molar-refractivity contribution in [3.63, 3.8) is 0 Å². The molecule has 0 rings (SSSR count). The summed E-state index contributed by atoms with van der Waals surface area (Å²) in [7, 11) is 0. The normalized spacial score (nSPS) is 15.2. The first-order chi connectivity index (χ1) is 5.31. The molecule has 74 valence electrons. The zero-order chi connectivity index (χ0) is 9.78. The lowest BCUT2D eigenvalue weighted by Crippen LogP contribution is -2.27. The lowest BCUT2D eigenvalue weighted by Gasteiger charge is -2.21. The van der Waals surface area contributed by atoms with Crippen molar-refractivity contribution in [2.45, 2.75) is 51.8 Å². The molecule has 1 unspecified atom stereocenters. The van der Waals surface area contributed by atoms with Gasteiger partial charge in [0, 0.05) is 16.5 Å². The second-order valence-electron chi connectivity index (χ2n) is 4.81. The van der Waals surface area contributed by atoms with Gasteiger partial charge in [0.1, 0.15) is 0 Å². The summed E-state index contributed by atoms with van der Waals surface area (Å²) in [5.41, 5.74) is 5.96. The standard InChI is InChI=1S/C10H23NS/c1-8(2)6-9(11)7-12-10(3,4)5/h8-9H,6-7,11H2,1-5H3. The molecule has 0 amide bonds. The molecule has 0 heterocycles. The van der Waals surface area contributed by atoms with Crippen molar-refractivity contribution in [3.05, 3.63) is 0 Å². The molecular weight excluding hydrogens is 166 g/mol. The van der Waals surface area contributed by atoms with E-state index >= 15 is 0 Å². The van der Waals surface area contributed by atoms with E-state index in [0.717, 1.165) is 18.1 Å². The Labute approximate surface area is 81.5 Å². The van der Waals surface area contributed by atoms with Gasteiger partial charge in [-0.3, -0.25) is 0 Å². The number of thioether (sulfide) groups is 1. The average Bonchev–Trinajstić information content (AvgIpc) is 1.80. The maximum atomic E-state index is 5.96. The Kier molecular flexibility index (Phi) is 5.26. The van der Waals surface area contributed by atoms with E-state index in [4.69, 9.17) is 5.73 Å². The second kappa shape index (κ2) is 5.13. The molecule has 2 heteroatoms. The molecule has 12 heavy (non-hydrogen) atoms. The van der Waals surface area contributed by atoms with Gasteiger partial charge in [-0.25, -0.2) is 0 Å². The molecule has 0 spiro atoms. The maximum absolute atomic E-state index is 5.96. The summed E-state index contributed by atoms with van der Waals surface area (Å²) < 4.78 is 0.356. The molecule has 0 radical (unpaired) electrons. The van der Waals surface area contributed by atoms with Crippen molar-refractivity contribution in [1.29, 1.82) is 0 Å². The zero-order valence-corrected chi connectivity index (χ0v) is 9.87. The molecule has 0 aromatic carbocycles. The van der Waals surface area contributed by atoms with Crippen LogP contribution in [0.1, 0.15) is 41.0 Å². The molecule has 0 aliphatic carbocycles. The number of hydrogen-bond acceptors (Lipinski definition) is 2. The lowest BCUT2D eigenvalue weighted by molar-refractivity contribution is 0.523. The van der Waals surface area contributed by atoms with Gasteiger partial charge < -0.3 is 5.73 Å². The summed E-state index contributed by atoms with van der Waals surface area (Å²) in [5.74, 6) is 1.81. The fourth-order valence-corrected chi connectivity index (χ4v) is 1.88. The van der Waals surface area contributed by atoms with Gasteiger partial charge in [0.15, 0.2) is 0 Å². The first-order valence-corrected chi connectivity index (χ1v) is 5.69. The maximum Gasteiger partial charge on any atom is 0.0133 e. The van der Waals surface area contributed by atoms with E-state index in [1.165, 1.54) is 0 Å². The fraction of sp³-hybridized carbons (Fsp3) is 1.00. The molecule has 0 aromatic heterocycles. The first kappa shape index (κ1) is 12.3. The Balaban J connectivity index is 3.51. The summed E-state index contributed by atoms with van der Waals surface area (Å²) in [4.78, 5) is 0. The van der Waals surface area contributed by atoms with Gasteiger partial charge in [0.25, 0.3) is 0 Å². The minimum atomic E-state index is 0.356. The smallest absolute Gasteiger partial charge is 0.0133 e. The van der Waals surface area contributed by atoms with Crippen LogP contribution in [0.25, 0.3) is 0 Å². The van der Waals surface area contributed by atoms with E-state index in [9.17, 15) is 0 Å². The topological polar surface area (TPSA) is 26.0 Å². The highest BCUT2D eigenvalue weighted by atomic mass is 32.2. The molecule has 0 saturated heterocycles. The first-order valence-electron chi connectivity index (χ1n) is 4.71. The van der Waals surface area contributed by atoms with Gasteiger partial charge in [-0.2, -0.15) is 11.8 Å². The van der Waals surface area contributed by atoms with Crippen LogP contribution < -0.4 is 5.73 Å². The monoisotopic (exact) mass is 189 g/mol. The van der Waals surface area contributed by atoms with Crippen molar-refractivity contribution in [1.82, 2.24) is 0 Å². The Morgan fingerprint density at radius 2 is 1.75 bits per heavy atom. The Morgan fingerprint density at radius 1 is 1.25 bits per heavy atom. The predicted molar refractivity (Wildman–Crippen MR) is 59.6 cm³/mol. The van der Waals surface area contributed by atoms with Crippen molar-refractivity contribution in [3.8, 4) is 0 Å². The lowest BCUT2D eigenvalue weighted by atomic mass is 10.1.